The molecule has 176 valence electrons. The van der Waals surface area contributed by atoms with Crippen molar-refractivity contribution in [3.05, 3.63) is 76.0 Å². The van der Waals surface area contributed by atoms with Gasteiger partial charge in [0.1, 0.15) is 23.4 Å². The zero-order chi connectivity index (χ0) is 24.8. The smallest absolute Gasteiger partial charge is 0.338 e. The summed E-state index contributed by atoms with van der Waals surface area (Å²) in [6, 6.07) is 15.0. The number of anilines is 1. The molecule has 0 spiro atoms. The van der Waals surface area contributed by atoms with Gasteiger partial charge in [0.15, 0.2) is 6.61 Å². The largest absolute Gasteiger partial charge is 0.496 e. The first-order chi connectivity index (χ1) is 16.3. The van der Waals surface area contributed by atoms with Crippen LogP contribution in [-0.4, -0.2) is 37.3 Å². The van der Waals surface area contributed by atoms with Gasteiger partial charge in [0.05, 0.1) is 25.3 Å². The SMILES string of the molecule is COc1cc(C(=O)OCC(=O)Nc2c(C#N)c(C)c(C)n2Cc2ccccc2)cc(OC)c1C. The summed E-state index contributed by atoms with van der Waals surface area (Å²) in [5.41, 5.74) is 3.99. The maximum Gasteiger partial charge on any atom is 0.338 e. The van der Waals surface area contributed by atoms with E-state index in [0.717, 1.165) is 22.4 Å². The fourth-order valence-electron chi connectivity index (χ4n) is 3.68. The third-order valence-corrected chi connectivity index (χ3v) is 5.70. The maximum atomic E-state index is 12.7. The van der Waals surface area contributed by atoms with Crippen LogP contribution in [0.25, 0.3) is 0 Å². The van der Waals surface area contributed by atoms with Gasteiger partial charge in [0.2, 0.25) is 0 Å². The first kappa shape index (κ1) is 24.4. The summed E-state index contributed by atoms with van der Waals surface area (Å²) < 4.78 is 17.7. The van der Waals surface area contributed by atoms with Crippen LogP contribution in [0.2, 0.25) is 0 Å². The number of rotatable bonds is 8. The second-order valence-corrected chi connectivity index (χ2v) is 7.75. The van der Waals surface area contributed by atoms with E-state index >= 15 is 0 Å². The predicted molar refractivity (Wildman–Crippen MR) is 127 cm³/mol. The Morgan fingerprint density at radius 1 is 1.00 bits per heavy atom. The summed E-state index contributed by atoms with van der Waals surface area (Å²) in [4.78, 5) is 25.2. The summed E-state index contributed by atoms with van der Waals surface area (Å²) in [5.74, 6) is 0.0706. The van der Waals surface area contributed by atoms with Gasteiger partial charge in [-0.25, -0.2) is 4.79 Å². The number of methoxy groups -OCH3 is 2. The number of nitrogens with one attached hydrogen (secondary N) is 1. The molecule has 2 aromatic carbocycles. The Kier molecular flexibility index (Phi) is 7.59. The monoisotopic (exact) mass is 461 g/mol. The van der Waals surface area contributed by atoms with E-state index in [2.05, 4.69) is 11.4 Å². The molecule has 8 nitrogen and oxygen atoms in total. The minimum Gasteiger partial charge on any atom is -0.496 e. The molecule has 8 heteroatoms. The van der Waals surface area contributed by atoms with E-state index in [1.807, 2.05) is 55.7 Å². The van der Waals surface area contributed by atoms with E-state index < -0.39 is 18.5 Å². The number of carbonyl (C=O) groups excluding carboxylic acids is 2. The van der Waals surface area contributed by atoms with Crippen LogP contribution >= 0.6 is 0 Å². The lowest BCUT2D eigenvalue weighted by molar-refractivity contribution is -0.119. The molecule has 0 fully saturated rings. The van der Waals surface area contributed by atoms with Gasteiger partial charge in [-0.1, -0.05) is 30.3 Å². The fraction of sp³-hybridized carbons (Fsp3) is 0.269. The van der Waals surface area contributed by atoms with Gasteiger partial charge < -0.3 is 24.1 Å². The van der Waals surface area contributed by atoms with E-state index in [1.165, 1.54) is 26.4 Å². The second kappa shape index (κ2) is 10.6. The lowest BCUT2D eigenvalue weighted by Crippen LogP contribution is -2.23. The third-order valence-electron chi connectivity index (χ3n) is 5.70. The van der Waals surface area contributed by atoms with Crippen molar-refractivity contribution < 1.29 is 23.8 Å². The van der Waals surface area contributed by atoms with Crippen LogP contribution in [-0.2, 0) is 16.1 Å². The molecule has 1 aromatic heterocycles. The average Bonchev–Trinajstić information content (AvgIpc) is 3.06. The Morgan fingerprint density at radius 2 is 1.62 bits per heavy atom. The summed E-state index contributed by atoms with van der Waals surface area (Å²) in [5, 5.41) is 12.4. The molecule has 0 unspecified atom stereocenters. The minimum absolute atomic E-state index is 0.198. The molecule has 0 saturated carbocycles. The normalized spacial score (nSPS) is 10.4. The van der Waals surface area contributed by atoms with Gasteiger partial charge in [0.25, 0.3) is 5.91 Å². The van der Waals surface area contributed by atoms with Crippen LogP contribution < -0.4 is 14.8 Å². The van der Waals surface area contributed by atoms with Crippen molar-refractivity contribution in [1.82, 2.24) is 4.57 Å². The fourth-order valence-corrected chi connectivity index (χ4v) is 3.68. The highest BCUT2D eigenvalue weighted by molar-refractivity contribution is 5.96. The number of esters is 1. The number of ether oxygens (including phenoxy) is 3. The van der Waals surface area contributed by atoms with Crippen LogP contribution in [0.1, 0.15) is 38.3 Å². The number of hydrogen-bond donors (Lipinski definition) is 1. The van der Waals surface area contributed by atoms with Crippen molar-refractivity contribution in [3.8, 4) is 17.6 Å². The number of benzene rings is 2. The molecule has 0 aliphatic heterocycles. The molecule has 34 heavy (non-hydrogen) atoms. The summed E-state index contributed by atoms with van der Waals surface area (Å²) in [6.07, 6.45) is 0. The molecular weight excluding hydrogens is 434 g/mol. The van der Waals surface area contributed by atoms with Gasteiger partial charge in [-0.05, 0) is 44.0 Å². The Hall–Kier alpha value is -4.25. The number of aromatic nitrogens is 1. The molecule has 0 atom stereocenters. The van der Waals surface area contributed by atoms with Gasteiger partial charge in [-0.15, -0.1) is 0 Å². The molecule has 0 saturated heterocycles. The number of nitriles is 1. The predicted octanol–water partition coefficient (Wildman–Crippen LogP) is 4.15. The molecule has 1 N–H and O–H groups in total. The Morgan fingerprint density at radius 3 is 2.18 bits per heavy atom. The number of carbonyl (C=O) groups is 2. The van der Waals surface area contributed by atoms with Crippen molar-refractivity contribution in [1.29, 1.82) is 5.26 Å². The molecule has 0 aliphatic carbocycles. The van der Waals surface area contributed by atoms with Crippen molar-refractivity contribution >= 4 is 17.7 Å². The zero-order valence-corrected chi connectivity index (χ0v) is 19.9. The Balaban J connectivity index is 1.77. The van der Waals surface area contributed by atoms with E-state index in [-0.39, 0.29) is 5.56 Å². The first-order valence-electron chi connectivity index (χ1n) is 10.6. The lowest BCUT2D eigenvalue weighted by Gasteiger charge is -2.14. The lowest BCUT2D eigenvalue weighted by atomic mass is 10.1. The van der Waals surface area contributed by atoms with E-state index in [0.29, 0.717) is 29.4 Å². The number of hydrogen-bond acceptors (Lipinski definition) is 6. The van der Waals surface area contributed by atoms with Gasteiger partial charge in [-0.2, -0.15) is 5.26 Å². The summed E-state index contributed by atoms with van der Waals surface area (Å²) in [6.45, 7) is 5.50. The van der Waals surface area contributed by atoms with Crippen LogP contribution in [0.3, 0.4) is 0 Å². The molecule has 1 heterocycles. The van der Waals surface area contributed by atoms with Crippen molar-refractivity contribution in [2.75, 3.05) is 26.1 Å². The first-order valence-corrected chi connectivity index (χ1v) is 10.6. The highest BCUT2D eigenvalue weighted by Crippen LogP contribution is 2.30. The van der Waals surface area contributed by atoms with Crippen molar-refractivity contribution in [2.24, 2.45) is 0 Å². The molecule has 0 bridgehead atoms. The maximum absolute atomic E-state index is 12.7. The van der Waals surface area contributed by atoms with Gasteiger partial charge in [-0.3, -0.25) is 4.79 Å². The highest BCUT2D eigenvalue weighted by Gasteiger charge is 2.21. The van der Waals surface area contributed by atoms with Crippen LogP contribution in [0.4, 0.5) is 5.82 Å². The van der Waals surface area contributed by atoms with Gasteiger partial charge in [0, 0.05) is 17.8 Å². The van der Waals surface area contributed by atoms with E-state index in [1.54, 1.807) is 0 Å². The summed E-state index contributed by atoms with van der Waals surface area (Å²) in [7, 11) is 2.98. The molecule has 0 radical (unpaired) electrons. The standard InChI is InChI=1S/C26H27N3O5/c1-16-18(3)29(14-19-9-7-6-8-10-19)25(21(16)13-27)28-24(30)15-34-26(31)20-11-22(32-4)17(2)23(12-20)33-5/h6-12H,14-15H2,1-5H3,(H,28,30). The quantitative estimate of drug-likeness (QED) is 0.506. The third kappa shape index (κ3) is 5.04. The summed E-state index contributed by atoms with van der Waals surface area (Å²) >= 11 is 0. The second-order valence-electron chi connectivity index (χ2n) is 7.75. The van der Waals surface area contributed by atoms with Crippen molar-refractivity contribution in [2.45, 2.75) is 27.3 Å². The van der Waals surface area contributed by atoms with Crippen LogP contribution in [0.15, 0.2) is 42.5 Å². The molecule has 1 amide bonds. The molecule has 0 aliphatic rings. The topological polar surface area (TPSA) is 103 Å². The average molecular weight is 462 g/mol. The zero-order valence-electron chi connectivity index (χ0n) is 19.9. The number of amides is 1. The van der Waals surface area contributed by atoms with Crippen LogP contribution in [0.5, 0.6) is 11.5 Å². The number of nitrogens with zero attached hydrogens (tertiary/aromatic N) is 2. The van der Waals surface area contributed by atoms with Crippen molar-refractivity contribution in [3.63, 3.8) is 0 Å². The van der Waals surface area contributed by atoms with Crippen LogP contribution in [0, 0.1) is 32.1 Å². The van der Waals surface area contributed by atoms with E-state index in [4.69, 9.17) is 14.2 Å². The molecular formula is C26H27N3O5. The molecule has 3 aromatic rings. The Labute approximate surface area is 198 Å². The highest BCUT2D eigenvalue weighted by atomic mass is 16.5. The molecule has 3 rings (SSSR count). The van der Waals surface area contributed by atoms with E-state index in [9.17, 15) is 14.9 Å². The minimum atomic E-state index is -0.695. The van der Waals surface area contributed by atoms with Gasteiger partial charge >= 0.3 is 5.97 Å². The Bertz CT molecular complexity index is 1230.